The van der Waals surface area contributed by atoms with Crippen molar-refractivity contribution in [3.05, 3.63) is 58.2 Å². The summed E-state index contributed by atoms with van der Waals surface area (Å²) >= 11 is 0. The first-order chi connectivity index (χ1) is 14.1. The quantitative estimate of drug-likeness (QED) is 0.757. The average molecular weight is 394 g/mol. The normalized spacial score (nSPS) is 16.8. The third kappa shape index (κ3) is 4.17. The topological polar surface area (TPSA) is 81.5 Å². The number of carboxylic acids is 1. The zero-order valence-corrected chi connectivity index (χ0v) is 16.9. The molecule has 1 aromatic heterocycles. The van der Waals surface area contributed by atoms with Crippen molar-refractivity contribution in [1.82, 2.24) is 9.97 Å². The monoisotopic (exact) mass is 394 g/mol. The highest BCUT2D eigenvalue weighted by molar-refractivity contribution is 5.86. The van der Waals surface area contributed by atoms with Crippen molar-refractivity contribution < 1.29 is 19.4 Å². The van der Waals surface area contributed by atoms with E-state index in [0.29, 0.717) is 37.9 Å². The van der Waals surface area contributed by atoms with E-state index in [1.807, 2.05) is 19.1 Å². The molecule has 6 nitrogen and oxygen atoms in total. The molecule has 1 N–H and O–H groups in total. The van der Waals surface area contributed by atoms with Crippen LogP contribution in [-0.2, 0) is 11.2 Å². The molecular weight excluding hydrogens is 368 g/mol. The Balaban J connectivity index is 1.74. The predicted octanol–water partition coefficient (Wildman–Crippen LogP) is 4.24. The third-order valence-electron chi connectivity index (χ3n) is 5.46. The number of ether oxygens (including phenoxy) is 2. The second kappa shape index (κ2) is 8.33. The third-order valence-corrected chi connectivity index (χ3v) is 5.46. The van der Waals surface area contributed by atoms with Gasteiger partial charge in [0, 0.05) is 29.7 Å². The molecule has 0 spiro atoms. The van der Waals surface area contributed by atoms with Gasteiger partial charge in [-0.2, -0.15) is 0 Å². The van der Waals surface area contributed by atoms with Crippen LogP contribution in [0.2, 0.25) is 0 Å². The van der Waals surface area contributed by atoms with E-state index >= 15 is 0 Å². The summed E-state index contributed by atoms with van der Waals surface area (Å²) in [6.45, 7) is 5.90. The van der Waals surface area contributed by atoms with Crippen LogP contribution in [0.25, 0.3) is 5.57 Å². The van der Waals surface area contributed by atoms with Gasteiger partial charge in [0.2, 0.25) is 0 Å². The van der Waals surface area contributed by atoms with E-state index in [2.05, 4.69) is 23.0 Å². The molecule has 1 aromatic carbocycles. The van der Waals surface area contributed by atoms with Gasteiger partial charge in [-0.15, -0.1) is 0 Å². The number of hydrogen-bond donors (Lipinski definition) is 1. The van der Waals surface area contributed by atoms with Gasteiger partial charge < -0.3 is 14.6 Å². The number of para-hydroxylation sites is 1. The molecule has 0 bridgehead atoms. The molecule has 0 radical (unpaired) electrons. The molecule has 1 fully saturated rings. The van der Waals surface area contributed by atoms with Gasteiger partial charge in [0.15, 0.2) is 5.69 Å². The molecule has 0 atom stereocenters. The van der Waals surface area contributed by atoms with Gasteiger partial charge in [-0.3, -0.25) is 4.98 Å². The molecule has 6 heteroatoms. The molecule has 2 heterocycles. The van der Waals surface area contributed by atoms with Crippen molar-refractivity contribution in [2.75, 3.05) is 19.8 Å². The van der Waals surface area contributed by atoms with Gasteiger partial charge in [0.25, 0.3) is 0 Å². The Morgan fingerprint density at radius 1 is 1.34 bits per heavy atom. The number of carbonyl (C=O) groups is 1. The molecule has 2 aromatic rings. The highest BCUT2D eigenvalue weighted by atomic mass is 16.5. The van der Waals surface area contributed by atoms with Gasteiger partial charge in [-0.05, 0) is 44.3 Å². The van der Waals surface area contributed by atoms with E-state index in [1.165, 1.54) is 11.1 Å². The molecule has 0 unspecified atom stereocenters. The summed E-state index contributed by atoms with van der Waals surface area (Å²) in [5, 5.41) is 9.68. The minimum atomic E-state index is -1.04. The van der Waals surface area contributed by atoms with Crippen LogP contribution >= 0.6 is 0 Å². The van der Waals surface area contributed by atoms with Crippen molar-refractivity contribution in [2.24, 2.45) is 0 Å². The smallest absolute Gasteiger partial charge is 0.356 e. The van der Waals surface area contributed by atoms with Crippen molar-refractivity contribution in [1.29, 1.82) is 0 Å². The summed E-state index contributed by atoms with van der Waals surface area (Å²) in [5.41, 5.74) is 5.73. The maximum atomic E-state index is 11.8. The molecule has 2 aliphatic rings. The van der Waals surface area contributed by atoms with Crippen LogP contribution in [0.1, 0.15) is 72.0 Å². The van der Waals surface area contributed by atoms with Crippen LogP contribution in [0.4, 0.5) is 0 Å². The van der Waals surface area contributed by atoms with E-state index in [4.69, 9.17) is 9.47 Å². The zero-order valence-electron chi connectivity index (χ0n) is 16.9. The van der Waals surface area contributed by atoms with Gasteiger partial charge >= 0.3 is 5.97 Å². The molecule has 1 saturated carbocycles. The number of aromatic carboxylic acids is 1. The second-order valence-corrected chi connectivity index (χ2v) is 7.63. The lowest BCUT2D eigenvalue weighted by Crippen LogP contribution is -2.13. The molecule has 0 saturated heterocycles. The molecule has 0 amide bonds. The Hall–Kier alpha value is -2.73. The lowest BCUT2D eigenvalue weighted by Gasteiger charge is -2.22. The van der Waals surface area contributed by atoms with Crippen molar-refractivity contribution >= 4 is 11.5 Å². The van der Waals surface area contributed by atoms with Gasteiger partial charge in [-0.25, -0.2) is 9.78 Å². The molecular formula is C23H26N2O4. The highest BCUT2D eigenvalue weighted by Crippen LogP contribution is 2.39. The second-order valence-electron chi connectivity index (χ2n) is 7.63. The van der Waals surface area contributed by atoms with Crippen LogP contribution in [0.3, 0.4) is 0 Å². The largest absolute Gasteiger partial charge is 0.493 e. The van der Waals surface area contributed by atoms with Crippen molar-refractivity contribution in [2.45, 2.75) is 45.4 Å². The Labute approximate surface area is 170 Å². The number of benzene rings is 1. The van der Waals surface area contributed by atoms with Crippen LogP contribution in [0.5, 0.6) is 5.75 Å². The van der Waals surface area contributed by atoms with Crippen LogP contribution < -0.4 is 4.74 Å². The first kappa shape index (κ1) is 19.6. The molecule has 152 valence electrons. The molecule has 1 aliphatic heterocycles. The summed E-state index contributed by atoms with van der Waals surface area (Å²) in [6.07, 6.45) is 5.05. The lowest BCUT2D eigenvalue weighted by molar-refractivity contribution is 0.0688. The van der Waals surface area contributed by atoms with Gasteiger partial charge in [-0.1, -0.05) is 18.2 Å². The maximum Gasteiger partial charge on any atom is 0.356 e. The molecule has 4 rings (SSSR count). The van der Waals surface area contributed by atoms with E-state index in [0.717, 1.165) is 41.8 Å². The van der Waals surface area contributed by atoms with E-state index < -0.39 is 5.97 Å². The zero-order chi connectivity index (χ0) is 20.4. The predicted molar refractivity (Wildman–Crippen MR) is 109 cm³/mol. The molecule has 29 heavy (non-hydrogen) atoms. The maximum absolute atomic E-state index is 11.8. The lowest BCUT2D eigenvalue weighted by atomic mass is 9.93. The minimum absolute atomic E-state index is 0.0451. The summed E-state index contributed by atoms with van der Waals surface area (Å²) in [7, 11) is 0. The van der Waals surface area contributed by atoms with Crippen LogP contribution in [-0.4, -0.2) is 40.9 Å². The average Bonchev–Trinajstić information content (AvgIpc) is 3.55. The SMILES string of the molecule is CCOc1c(Cc2ncc(C3CC3)nc2C(=O)O)cccc1C1=C(C)COCC1. The number of rotatable bonds is 7. The van der Waals surface area contributed by atoms with E-state index in [-0.39, 0.29) is 5.69 Å². The van der Waals surface area contributed by atoms with Crippen molar-refractivity contribution in [3.63, 3.8) is 0 Å². The van der Waals surface area contributed by atoms with E-state index in [9.17, 15) is 9.90 Å². The first-order valence-corrected chi connectivity index (χ1v) is 10.2. The number of nitrogens with zero attached hydrogens (tertiary/aromatic N) is 2. The number of aromatic nitrogens is 2. The Morgan fingerprint density at radius 3 is 2.86 bits per heavy atom. The Morgan fingerprint density at radius 2 is 2.17 bits per heavy atom. The fourth-order valence-electron chi connectivity index (χ4n) is 3.83. The summed E-state index contributed by atoms with van der Waals surface area (Å²) in [4.78, 5) is 20.7. The fourth-order valence-corrected chi connectivity index (χ4v) is 3.83. The van der Waals surface area contributed by atoms with Gasteiger partial charge in [0.05, 0.1) is 31.2 Å². The number of carboxylic acid groups (broad SMARTS) is 1. The summed E-state index contributed by atoms with van der Waals surface area (Å²) in [6, 6.07) is 6.04. The minimum Gasteiger partial charge on any atom is -0.493 e. The fraction of sp³-hybridized carbons (Fsp3) is 0.435. The van der Waals surface area contributed by atoms with E-state index in [1.54, 1.807) is 6.20 Å². The number of hydrogen-bond acceptors (Lipinski definition) is 5. The van der Waals surface area contributed by atoms with Crippen molar-refractivity contribution in [3.8, 4) is 5.75 Å². The van der Waals surface area contributed by atoms with Crippen LogP contribution in [0, 0.1) is 0 Å². The standard InChI is InChI=1S/C23H26N2O4/c1-3-29-22-16(5-4-6-18(22)17-9-10-28-13-14(17)2)11-19-21(23(26)27)25-20(12-24-19)15-7-8-15/h4-6,12,15H,3,7-11,13H2,1-2H3,(H,26,27). The summed E-state index contributed by atoms with van der Waals surface area (Å²) in [5.74, 6) is 0.128. The highest BCUT2D eigenvalue weighted by Gasteiger charge is 2.28. The Bertz CT molecular complexity index is 963. The summed E-state index contributed by atoms with van der Waals surface area (Å²) < 4.78 is 11.6. The Kier molecular flexibility index (Phi) is 5.62. The van der Waals surface area contributed by atoms with Crippen LogP contribution in [0.15, 0.2) is 30.0 Å². The molecule has 1 aliphatic carbocycles. The first-order valence-electron chi connectivity index (χ1n) is 10.2. The van der Waals surface area contributed by atoms with Gasteiger partial charge in [0.1, 0.15) is 5.75 Å².